The highest BCUT2D eigenvalue weighted by Crippen LogP contribution is 2.24. The molecular weight excluding hydrogens is 286 g/mol. The summed E-state index contributed by atoms with van der Waals surface area (Å²) in [6.07, 6.45) is 0.262. The van der Waals surface area contributed by atoms with Crippen molar-refractivity contribution in [3.63, 3.8) is 0 Å². The molecule has 1 fully saturated rings. The zero-order valence-corrected chi connectivity index (χ0v) is 12.6. The summed E-state index contributed by atoms with van der Waals surface area (Å²) in [5.74, 6) is -2.58. The van der Waals surface area contributed by atoms with Crippen molar-refractivity contribution in [3.8, 4) is 0 Å². The van der Waals surface area contributed by atoms with Gasteiger partial charge in [0.05, 0.1) is 24.7 Å². The van der Waals surface area contributed by atoms with Crippen LogP contribution in [0.3, 0.4) is 0 Å². The van der Waals surface area contributed by atoms with E-state index in [9.17, 15) is 18.0 Å². The molecule has 0 aromatic carbocycles. The van der Waals surface area contributed by atoms with E-state index in [0.717, 1.165) is 0 Å². The van der Waals surface area contributed by atoms with Gasteiger partial charge >= 0.3 is 11.9 Å². The maximum Gasteiger partial charge on any atom is 0.307 e. The lowest BCUT2D eigenvalue weighted by Crippen LogP contribution is -2.46. The molecule has 1 saturated heterocycles. The molecule has 0 bridgehead atoms. The topological polar surface area (TPSA) is 101 Å². The molecule has 1 aliphatic rings. The van der Waals surface area contributed by atoms with Crippen molar-refractivity contribution in [2.45, 2.75) is 26.7 Å². The number of sulfonamides is 1. The van der Waals surface area contributed by atoms with E-state index in [4.69, 9.17) is 5.11 Å². The first kappa shape index (κ1) is 16.9. The zero-order valence-electron chi connectivity index (χ0n) is 11.7. The number of rotatable bonds is 6. The first-order valence-corrected chi connectivity index (χ1v) is 8.23. The van der Waals surface area contributed by atoms with Crippen molar-refractivity contribution in [2.75, 3.05) is 25.4 Å². The van der Waals surface area contributed by atoms with E-state index in [1.54, 1.807) is 6.92 Å². The Kier molecular flexibility index (Phi) is 5.94. The van der Waals surface area contributed by atoms with Crippen LogP contribution in [0.4, 0.5) is 0 Å². The van der Waals surface area contributed by atoms with Crippen LogP contribution < -0.4 is 0 Å². The van der Waals surface area contributed by atoms with Gasteiger partial charge in [0, 0.05) is 13.1 Å². The molecular formula is C12H21NO6S. The van der Waals surface area contributed by atoms with Crippen molar-refractivity contribution in [1.29, 1.82) is 0 Å². The molecule has 0 aromatic heterocycles. The maximum absolute atomic E-state index is 12.1. The summed E-state index contributed by atoms with van der Waals surface area (Å²) in [7, 11) is -3.63. The van der Waals surface area contributed by atoms with Crippen molar-refractivity contribution >= 4 is 22.0 Å². The Hall–Kier alpha value is -1.15. The quantitative estimate of drug-likeness (QED) is 0.709. The number of carboxylic acids is 1. The van der Waals surface area contributed by atoms with E-state index < -0.39 is 27.9 Å². The van der Waals surface area contributed by atoms with Crippen LogP contribution in [0.1, 0.15) is 26.7 Å². The van der Waals surface area contributed by atoms with Crippen LogP contribution in [0.25, 0.3) is 0 Å². The van der Waals surface area contributed by atoms with Gasteiger partial charge in [0.2, 0.25) is 10.0 Å². The van der Waals surface area contributed by atoms with E-state index in [-0.39, 0.29) is 31.2 Å². The molecule has 116 valence electrons. The molecule has 0 saturated carbocycles. The molecule has 1 aliphatic heterocycles. The second-order valence-electron chi connectivity index (χ2n) is 5.06. The van der Waals surface area contributed by atoms with Crippen LogP contribution in [-0.2, 0) is 24.3 Å². The van der Waals surface area contributed by atoms with Crippen molar-refractivity contribution < 1.29 is 27.9 Å². The van der Waals surface area contributed by atoms with Crippen LogP contribution in [-0.4, -0.2) is 55.2 Å². The number of esters is 1. The Morgan fingerprint density at radius 1 is 1.35 bits per heavy atom. The van der Waals surface area contributed by atoms with Gasteiger partial charge < -0.3 is 9.84 Å². The first-order chi connectivity index (χ1) is 9.26. The van der Waals surface area contributed by atoms with Crippen molar-refractivity contribution in [2.24, 2.45) is 11.8 Å². The summed E-state index contributed by atoms with van der Waals surface area (Å²) in [6, 6.07) is 0. The van der Waals surface area contributed by atoms with Gasteiger partial charge in [-0.1, -0.05) is 6.92 Å². The van der Waals surface area contributed by atoms with Gasteiger partial charge in [-0.05, 0) is 19.3 Å². The summed E-state index contributed by atoms with van der Waals surface area (Å²) in [5.41, 5.74) is 0. The second-order valence-corrected chi connectivity index (χ2v) is 7.15. The highest BCUT2D eigenvalue weighted by Gasteiger charge is 2.35. The van der Waals surface area contributed by atoms with E-state index in [0.29, 0.717) is 13.0 Å². The first-order valence-electron chi connectivity index (χ1n) is 6.62. The molecule has 1 heterocycles. The molecule has 0 amide bonds. The van der Waals surface area contributed by atoms with Crippen molar-refractivity contribution in [3.05, 3.63) is 0 Å². The van der Waals surface area contributed by atoms with E-state index in [2.05, 4.69) is 4.74 Å². The van der Waals surface area contributed by atoms with E-state index in [1.807, 2.05) is 6.92 Å². The molecule has 7 nitrogen and oxygen atoms in total. The fourth-order valence-electron chi connectivity index (χ4n) is 2.28. The Morgan fingerprint density at radius 2 is 2.00 bits per heavy atom. The minimum absolute atomic E-state index is 0.0118. The average molecular weight is 307 g/mol. The molecule has 2 atom stereocenters. The van der Waals surface area contributed by atoms with Crippen LogP contribution in [0.2, 0.25) is 0 Å². The number of ether oxygens (including phenoxy) is 1. The Balaban J connectivity index is 2.66. The van der Waals surface area contributed by atoms with Crippen LogP contribution in [0.5, 0.6) is 0 Å². The molecule has 20 heavy (non-hydrogen) atoms. The number of carbonyl (C=O) groups is 2. The number of hydrogen-bond acceptors (Lipinski definition) is 5. The van der Waals surface area contributed by atoms with Crippen molar-refractivity contribution in [1.82, 2.24) is 4.31 Å². The predicted molar refractivity (Wildman–Crippen MR) is 71.5 cm³/mol. The SMILES string of the molecule is CCOC(=O)CCS(=O)(=O)N1CC(C)CC(C(=O)O)C1. The highest BCUT2D eigenvalue weighted by atomic mass is 32.2. The number of nitrogens with zero attached hydrogens (tertiary/aromatic N) is 1. The Labute approximate surface area is 118 Å². The molecule has 0 aromatic rings. The maximum atomic E-state index is 12.1. The Morgan fingerprint density at radius 3 is 2.55 bits per heavy atom. The molecule has 1 rings (SSSR count). The molecule has 2 unspecified atom stereocenters. The minimum Gasteiger partial charge on any atom is -0.481 e. The summed E-state index contributed by atoms with van der Waals surface area (Å²) >= 11 is 0. The van der Waals surface area contributed by atoms with Crippen LogP contribution in [0, 0.1) is 11.8 Å². The predicted octanol–water partition coefficient (Wildman–Crippen LogP) is 0.312. The smallest absolute Gasteiger partial charge is 0.307 e. The molecule has 8 heteroatoms. The summed E-state index contributed by atoms with van der Waals surface area (Å²) in [5, 5.41) is 9.03. The third kappa shape index (κ3) is 4.75. The summed E-state index contributed by atoms with van der Waals surface area (Å²) in [4.78, 5) is 22.2. The monoisotopic (exact) mass is 307 g/mol. The second kappa shape index (κ2) is 7.03. The number of piperidine rings is 1. The van der Waals surface area contributed by atoms with Gasteiger partial charge in [-0.25, -0.2) is 12.7 Å². The lowest BCUT2D eigenvalue weighted by molar-refractivity contribution is -0.144. The highest BCUT2D eigenvalue weighted by molar-refractivity contribution is 7.89. The molecule has 1 N–H and O–H groups in total. The fourth-order valence-corrected chi connectivity index (χ4v) is 3.85. The van der Waals surface area contributed by atoms with Crippen LogP contribution >= 0.6 is 0 Å². The number of aliphatic carboxylic acids is 1. The normalized spacial score (nSPS) is 24.3. The van der Waals surface area contributed by atoms with Gasteiger partial charge in [-0.15, -0.1) is 0 Å². The zero-order chi connectivity index (χ0) is 15.3. The summed E-state index contributed by atoms with van der Waals surface area (Å²) < 4.78 is 30.1. The van der Waals surface area contributed by atoms with E-state index >= 15 is 0 Å². The Bertz CT molecular complexity index is 461. The number of hydrogen-bond donors (Lipinski definition) is 1. The molecule has 0 spiro atoms. The minimum atomic E-state index is -3.63. The number of carboxylic acid groups (broad SMARTS) is 1. The molecule has 0 aliphatic carbocycles. The molecule has 0 radical (unpaired) electrons. The largest absolute Gasteiger partial charge is 0.481 e. The van der Waals surface area contributed by atoms with E-state index in [1.165, 1.54) is 4.31 Å². The van der Waals surface area contributed by atoms with Gasteiger partial charge in [0.15, 0.2) is 0 Å². The third-order valence-corrected chi connectivity index (χ3v) is 5.04. The standard InChI is InChI=1S/C12H21NO6S/c1-3-19-11(14)4-5-20(17,18)13-7-9(2)6-10(8-13)12(15)16/h9-10H,3-8H2,1-2H3,(H,15,16). The third-order valence-electron chi connectivity index (χ3n) is 3.24. The van der Waals surface area contributed by atoms with Gasteiger partial charge in [0.25, 0.3) is 0 Å². The van der Waals surface area contributed by atoms with Crippen LogP contribution in [0.15, 0.2) is 0 Å². The lowest BCUT2D eigenvalue weighted by atomic mass is 9.92. The summed E-state index contributed by atoms with van der Waals surface area (Å²) in [6.45, 7) is 3.96. The average Bonchev–Trinajstić information content (AvgIpc) is 2.36. The fraction of sp³-hybridized carbons (Fsp3) is 0.833. The lowest BCUT2D eigenvalue weighted by Gasteiger charge is -2.33. The van der Waals surface area contributed by atoms with Gasteiger partial charge in [-0.3, -0.25) is 9.59 Å². The number of carbonyl (C=O) groups excluding carboxylic acids is 1. The van der Waals surface area contributed by atoms with Gasteiger partial charge in [0.1, 0.15) is 0 Å². The van der Waals surface area contributed by atoms with Gasteiger partial charge in [-0.2, -0.15) is 0 Å².